The van der Waals surface area contributed by atoms with E-state index < -0.39 is 30.6 Å². The highest BCUT2D eigenvalue weighted by Gasteiger charge is 2.30. The van der Waals surface area contributed by atoms with Crippen LogP contribution in [0.15, 0.2) is 35.5 Å². The van der Waals surface area contributed by atoms with Gasteiger partial charge in [-0.05, 0) is 32.9 Å². The number of rotatable bonds is 8. The first-order valence-electron chi connectivity index (χ1n) is 8.69. The predicted octanol–water partition coefficient (Wildman–Crippen LogP) is 1.33. The Morgan fingerprint density at radius 1 is 1.18 bits per heavy atom. The van der Waals surface area contributed by atoms with Gasteiger partial charge in [0.1, 0.15) is 12.4 Å². The molecule has 2 N–H and O–H groups in total. The molecule has 0 bridgehead atoms. The molecule has 2 amide bonds. The zero-order valence-corrected chi connectivity index (χ0v) is 15.9. The second-order valence-corrected chi connectivity index (χ2v) is 5.97. The Labute approximate surface area is 162 Å². The Hall–Kier alpha value is -3.36. The van der Waals surface area contributed by atoms with E-state index in [9.17, 15) is 19.2 Å². The number of esters is 2. The number of carbonyl (C=O) groups is 4. The van der Waals surface area contributed by atoms with Crippen molar-refractivity contribution in [3.8, 4) is 5.75 Å². The van der Waals surface area contributed by atoms with Crippen LogP contribution in [0.2, 0.25) is 0 Å². The summed E-state index contributed by atoms with van der Waals surface area (Å²) in [5.41, 5.74) is 0.799. The molecule has 0 spiro atoms. The van der Waals surface area contributed by atoms with Gasteiger partial charge >= 0.3 is 18.0 Å². The van der Waals surface area contributed by atoms with Crippen LogP contribution in [0.1, 0.15) is 31.1 Å². The molecule has 2 rings (SSSR count). The van der Waals surface area contributed by atoms with Gasteiger partial charge < -0.3 is 24.8 Å². The molecule has 0 saturated heterocycles. The molecule has 150 valence electrons. The molecule has 0 aliphatic carbocycles. The van der Waals surface area contributed by atoms with E-state index in [1.165, 1.54) is 13.0 Å². The molecule has 0 unspecified atom stereocenters. The predicted molar refractivity (Wildman–Crippen MR) is 97.7 cm³/mol. The summed E-state index contributed by atoms with van der Waals surface area (Å²) in [6, 6.07) is 5.30. The van der Waals surface area contributed by atoms with Crippen LogP contribution in [0.25, 0.3) is 0 Å². The monoisotopic (exact) mass is 390 g/mol. The summed E-state index contributed by atoms with van der Waals surface area (Å²) in [4.78, 5) is 47.1. The van der Waals surface area contributed by atoms with Gasteiger partial charge in [0.15, 0.2) is 12.4 Å². The van der Waals surface area contributed by atoms with Gasteiger partial charge in [-0.1, -0.05) is 12.1 Å². The molecule has 0 saturated carbocycles. The molecule has 1 aromatic carbocycles. The lowest BCUT2D eigenvalue weighted by atomic mass is 10.0. The Kier molecular flexibility index (Phi) is 7.14. The maximum absolute atomic E-state index is 12.1. The van der Waals surface area contributed by atoms with E-state index in [1.807, 2.05) is 0 Å². The third kappa shape index (κ3) is 5.57. The largest absolute Gasteiger partial charge is 0.482 e. The van der Waals surface area contributed by atoms with Crippen molar-refractivity contribution in [1.29, 1.82) is 0 Å². The maximum atomic E-state index is 12.1. The molecule has 0 radical (unpaired) electrons. The topological polar surface area (TPSA) is 120 Å². The highest BCUT2D eigenvalue weighted by Crippen LogP contribution is 2.16. The fourth-order valence-corrected chi connectivity index (χ4v) is 2.53. The third-order valence-corrected chi connectivity index (χ3v) is 3.84. The number of ether oxygens (including phenoxy) is 3. The van der Waals surface area contributed by atoms with Crippen LogP contribution in [-0.2, 0) is 19.1 Å². The van der Waals surface area contributed by atoms with Crippen molar-refractivity contribution in [2.24, 2.45) is 0 Å². The van der Waals surface area contributed by atoms with Crippen molar-refractivity contribution in [2.45, 2.75) is 26.8 Å². The molecule has 9 heteroatoms. The first-order chi connectivity index (χ1) is 13.3. The molecular weight excluding hydrogens is 368 g/mol. The average molecular weight is 390 g/mol. The van der Waals surface area contributed by atoms with Gasteiger partial charge in [-0.25, -0.2) is 14.4 Å². The molecule has 1 atom stereocenters. The SMILES string of the molecule is CCOC(=O)C1=C(COC(=O)COc2cccc(C(C)=O)c2)NC(=O)N[C@@H]1C. The van der Waals surface area contributed by atoms with E-state index in [2.05, 4.69) is 10.6 Å². The minimum atomic E-state index is -0.704. The van der Waals surface area contributed by atoms with Crippen molar-refractivity contribution in [3.63, 3.8) is 0 Å². The summed E-state index contributed by atoms with van der Waals surface area (Å²) in [5, 5.41) is 5.00. The number of urea groups is 1. The van der Waals surface area contributed by atoms with Gasteiger partial charge in [-0.2, -0.15) is 0 Å². The second-order valence-electron chi connectivity index (χ2n) is 5.97. The summed E-state index contributed by atoms with van der Waals surface area (Å²) in [7, 11) is 0. The van der Waals surface area contributed by atoms with Crippen LogP contribution in [-0.4, -0.2) is 49.6 Å². The van der Waals surface area contributed by atoms with Gasteiger partial charge in [0, 0.05) is 5.56 Å². The van der Waals surface area contributed by atoms with Crippen molar-refractivity contribution in [3.05, 3.63) is 41.1 Å². The molecule has 1 aliphatic rings. The zero-order valence-electron chi connectivity index (χ0n) is 15.9. The van der Waals surface area contributed by atoms with E-state index in [-0.39, 0.29) is 30.3 Å². The van der Waals surface area contributed by atoms with Crippen molar-refractivity contribution < 1.29 is 33.4 Å². The fraction of sp³-hybridized carbons (Fsp3) is 0.368. The fourth-order valence-electron chi connectivity index (χ4n) is 2.53. The molecule has 1 aliphatic heterocycles. The van der Waals surface area contributed by atoms with Gasteiger partial charge in [-0.15, -0.1) is 0 Å². The Morgan fingerprint density at radius 3 is 2.61 bits per heavy atom. The smallest absolute Gasteiger partial charge is 0.344 e. The highest BCUT2D eigenvalue weighted by atomic mass is 16.6. The van der Waals surface area contributed by atoms with Crippen LogP contribution in [0.4, 0.5) is 4.79 Å². The molecular formula is C19H22N2O7. The van der Waals surface area contributed by atoms with Gasteiger partial charge in [0.2, 0.25) is 0 Å². The van der Waals surface area contributed by atoms with Crippen LogP contribution in [0, 0.1) is 0 Å². The molecule has 0 fully saturated rings. The number of nitrogens with one attached hydrogen (secondary N) is 2. The van der Waals surface area contributed by atoms with Crippen LogP contribution in [0.3, 0.4) is 0 Å². The standard InChI is InChI=1S/C19H22N2O7/c1-4-26-18(24)17-11(2)20-19(25)21-15(17)9-28-16(23)10-27-14-7-5-6-13(8-14)12(3)22/h5-8,11H,4,9-10H2,1-3H3,(H2,20,21,25)/t11-/m1/s1. The van der Waals surface area contributed by atoms with E-state index in [0.717, 1.165) is 0 Å². The summed E-state index contributed by atoms with van der Waals surface area (Å²) in [6.07, 6.45) is 0. The lowest BCUT2D eigenvalue weighted by Gasteiger charge is -2.26. The highest BCUT2D eigenvalue weighted by molar-refractivity contribution is 5.95. The normalized spacial score (nSPS) is 16.0. The Bertz CT molecular complexity index is 816. The number of carbonyl (C=O) groups excluding carboxylic acids is 4. The minimum Gasteiger partial charge on any atom is -0.482 e. The third-order valence-electron chi connectivity index (χ3n) is 3.84. The number of hydrogen-bond acceptors (Lipinski definition) is 7. The summed E-state index contributed by atoms with van der Waals surface area (Å²) in [5.74, 6) is -1.09. The minimum absolute atomic E-state index is 0.123. The van der Waals surface area contributed by atoms with Crippen LogP contribution < -0.4 is 15.4 Å². The molecule has 28 heavy (non-hydrogen) atoms. The van der Waals surface area contributed by atoms with Crippen molar-refractivity contribution >= 4 is 23.8 Å². The molecule has 9 nitrogen and oxygen atoms in total. The quantitative estimate of drug-likeness (QED) is 0.507. The van der Waals surface area contributed by atoms with Gasteiger partial charge in [0.25, 0.3) is 0 Å². The summed E-state index contributed by atoms with van der Waals surface area (Å²) in [6.45, 7) is 4.17. The van der Waals surface area contributed by atoms with Crippen LogP contribution in [0.5, 0.6) is 5.75 Å². The summed E-state index contributed by atoms with van der Waals surface area (Å²) < 4.78 is 15.4. The van der Waals surface area contributed by atoms with E-state index in [1.54, 1.807) is 32.0 Å². The van der Waals surface area contributed by atoms with Crippen LogP contribution >= 0.6 is 0 Å². The molecule has 1 heterocycles. The summed E-state index contributed by atoms with van der Waals surface area (Å²) >= 11 is 0. The first-order valence-corrected chi connectivity index (χ1v) is 8.69. The Morgan fingerprint density at radius 2 is 1.93 bits per heavy atom. The van der Waals surface area contributed by atoms with Gasteiger partial charge in [0.05, 0.1) is 23.9 Å². The zero-order chi connectivity index (χ0) is 20.7. The molecule has 1 aromatic rings. The first kappa shape index (κ1) is 20.9. The van der Waals surface area contributed by atoms with Crippen molar-refractivity contribution in [2.75, 3.05) is 19.8 Å². The number of amides is 2. The van der Waals surface area contributed by atoms with Crippen molar-refractivity contribution in [1.82, 2.24) is 10.6 Å². The van der Waals surface area contributed by atoms with Gasteiger partial charge in [-0.3, -0.25) is 4.79 Å². The Balaban J connectivity index is 1.98. The number of hydrogen-bond donors (Lipinski definition) is 2. The molecule has 0 aromatic heterocycles. The van der Waals surface area contributed by atoms with E-state index in [4.69, 9.17) is 14.2 Å². The maximum Gasteiger partial charge on any atom is 0.344 e. The number of benzene rings is 1. The average Bonchev–Trinajstić information content (AvgIpc) is 2.64. The van der Waals surface area contributed by atoms with E-state index in [0.29, 0.717) is 11.3 Å². The lowest BCUT2D eigenvalue weighted by molar-refractivity contribution is -0.145. The second kappa shape index (κ2) is 9.54. The number of Topliss-reactive ketones (excluding diaryl/α,β-unsaturated/α-hetero) is 1. The van der Waals surface area contributed by atoms with E-state index >= 15 is 0 Å². The number of ketones is 1. The lowest BCUT2D eigenvalue weighted by Crippen LogP contribution is -2.50.